The van der Waals surface area contributed by atoms with Gasteiger partial charge in [-0.15, -0.1) is 0 Å². The summed E-state index contributed by atoms with van der Waals surface area (Å²) in [6, 6.07) is 13.0. The van der Waals surface area contributed by atoms with E-state index in [1.165, 1.54) is 11.1 Å². The van der Waals surface area contributed by atoms with Crippen LogP contribution in [0.1, 0.15) is 35.9 Å². The summed E-state index contributed by atoms with van der Waals surface area (Å²) >= 11 is 0. The molecule has 2 saturated heterocycles. The smallest absolute Gasteiger partial charge is 0.131 e. The van der Waals surface area contributed by atoms with E-state index in [9.17, 15) is 0 Å². The van der Waals surface area contributed by atoms with Gasteiger partial charge in [-0.3, -0.25) is 4.98 Å². The van der Waals surface area contributed by atoms with Crippen LogP contribution in [0.25, 0.3) is 22.3 Å². The Hall–Kier alpha value is -2.80. The van der Waals surface area contributed by atoms with Gasteiger partial charge in [-0.25, -0.2) is 4.98 Å². The highest BCUT2D eigenvalue weighted by atomic mass is 16.5. The predicted octanol–water partition coefficient (Wildman–Crippen LogP) is 3.95. The van der Waals surface area contributed by atoms with Crippen LogP contribution in [0.3, 0.4) is 0 Å². The van der Waals surface area contributed by atoms with Gasteiger partial charge in [0.1, 0.15) is 5.82 Å². The maximum absolute atomic E-state index is 6.20. The van der Waals surface area contributed by atoms with Crippen LogP contribution in [0.4, 0.5) is 5.82 Å². The molecule has 0 unspecified atom stereocenters. The minimum atomic E-state index is 0.202. The van der Waals surface area contributed by atoms with Crippen LogP contribution in [-0.4, -0.2) is 42.9 Å². The van der Waals surface area contributed by atoms with E-state index in [1.54, 1.807) is 12.4 Å². The van der Waals surface area contributed by atoms with Crippen LogP contribution in [0.5, 0.6) is 0 Å². The zero-order valence-corrected chi connectivity index (χ0v) is 17.6. The third-order valence-electron chi connectivity index (χ3n) is 6.29. The largest absolute Gasteiger partial charge is 0.383 e. The number of anilines is 1. The molecule has 6 heteroatoms. The fraction of sp³-hybridized carbons (Fsp3) is 0.360. The molecule has 0 amide bonds. The normalized spacial score (nSPS) is 19.9. The molecule has 2 aliphatic heterocycles. The Morgan fingerprint density at radius 1 is 0.871 bits per heavy atom. The van der Waals surface area contributed by atoms with Crippen LogP contribution in [0.2, 0.25) is 0 Å². The quantitative estimate of drug-likeness (QED) is 0.670. The number of hydrogen-bond acceptors (Lipinski definition) is 6. The Kier molecular flexibility index (Phi) is 5.93. The number of pyridine rings is 2. The van der Waals surface area contributed by atoms with Gasteiger partial charge in [-0.2, -0.15) is 0 Å². The number of ether oxygens (including phenoxy) is 2. The van der Waals surface area contributed by atoms with Crippen molar-refractivity contribution in [1.29, 1.82) is 0 Å². The number of nitrogens with one attached hydrogen (secondary N) is 1. The molecule has 2 aliphatic rings. The molecule has 160 valence electrons. The van der Waals surface area contributed by atoms with Gasteiger partial charge in [0, 0.05) is 49.5 Å². The summed E-state index contributed by atoms with van der Waals surface area (Å²) in [6.45, 7) is 3.99. The summed E-state index contributed by atoms with van der Waals surface area (Å²) in [5, 5.41) is 3.64. The Labute approximate surface area is 182 Å². The molecule has 0 spiro atoms. The molecule has 6 nitrogen and oxygen atoms in total. The average Bonchev–Trinajstić information content (AvgIpc) is 2.86. The summed E-state index contributed by atoms with van der Waals surface area (Å²) in [7, 11) is 0. The van der Waals surface area contributed by atoms with Crippen LogP contribution in [0, 0.1) is 0 Å². The second-order valence-electron chi connectivity index (χ2n) is 8.20. The Bertz CT molecular complexity index is 1030. The molecule has 2 aromatic heterocycles. The number of rotatable bonds is 4. The Morgan fingerprint density at radius 3 is 2.48 bits per heavy atom. The van der Waals surface area contributed by atoms with E-state index in [1.807, 2.05) is 18.3 Å². The summed E-state index contributed by atoms with van der Waals surface area (Å²) < 4.78 is 11.4. The van der Waals surface area contributed by atoms with Crippen molar-refractivity contribution in [2.24, 2.45) is 0 Å². The Morgan fingerprint density at radius 2 is 1.71 bits per heavy atom. The molecule has 0 radical (unpaired) electrons. The van der Waals surface area contributed by atoms with E-state index >= 15 is 0 Å². The third kappa shape index (κ3) is 4.32. The monoisotopic (exact) mass is 416 g/mol. The van der Waals surface area contributed by atoms with Crippen molar-refractivity contribution in [3.8, 4) is 22.3 Å². The fourth-order valence-electron chi connectivity index (χ4n) is 4.60. The van der Waals surface area contributed by atoms with E-state index < -0.39 is 0 Å². The molecular weight excluding hydrogens is 388 g/mol. The van der Waals surface area contributed by atoms with Gasteiger partial charge in [-0.05, 0) is 65.3 Å². The summed E-state index contributed by atoms with van der Waals surface area (Å²) in [5.74, 6) is 1.05. The molecule has 5 rings (SSSR count). The average molecular weight is 417 g/mol. The van der Waals surface area contributed by atoms with E-state index in [2.05, 4.69) is 39.6 Å². The van der Waals surface area contributed by atoms with E-state index in [4.69, 9.17) is 15.2 Å². The molecule has 0 aliphatic carbocycles. The third-order valence-corrected chi connectivity index (χ3v) is 6.29. The number of nitrogen functional groups attached to an aromatic ring is 1. The van der Waals surface area contributed by atoms with Crippen molar-refractivity contribution in [3.63, 3.8) is 0 Å². The predicted molar refractivity (Wildman–Crippen MR) is 122 cm³/mol. The first-order valence-corrected chi connectivity index (χ1v) is 11.0. The van der Waals surface area contributed by atoms with Crippen molar-refractivity contribution in [1.82, 2.24) is 15.3 Å². The molecule has 0 bridgehead atoms. The van der Waals surface area contributed by atoms with Crippen LogP contribution < -0.4 is 11.1 Å². The number of benzene rings is 1. The van der Waals surface area contributed by atoms with Crippen LogP contribution >= 0.6 is 0 Å². The van der Waals surface area contributed by atoms with Gasteiger partial charge < -0.3 is 20.5 Å². The second-order valence-corrected chi connectivity index (χ2v) is 8.20. The highest BCUT2D eigenvalue weighted by Gasteiger charge is 2.25. The van der Waals surface area contributed by atoms with E-state index in [0.29, 0.717) is 18.3 Å². The number of hydrogen-bond donors (Lipinski definition) is 2. The zero-order valence-electron chi connectivity index (χ0n) is 17.6. The molecule has 4 heterocycles. The molecule has 3 aromatic rings. The molecule has 31 heavy (non-hydrogen) atoms. The second kappa shape index (κ2) is 9.14. The lowest BCUT2D eigenvalue weighted by Crippen LogP contribution is -2.35. The van der Waals surface area contributed by atoms with Gasteiger partial charge in [0.25, 0.3) is 0 Å². The molecule has 2 fully saturated rings. The highest BCUT2D eigenvalue weighted by Crippen LogP contribution is 2.36. The lowest BCUT2D eigenvalue weighted by molar-refractivity contribution is 0.0740. The van der Waals surface area contributed by atoms with Crippen molar-refractivity contribution < 1.29 is 9.47 Å². The summed E-state index contributed by atoms with van der Waals surface area (Å²) in [6.07, 6.45) is 7.54. The van der Waals surface area contributed by atoms with Crippen LogP contribution in [-0.2, 0) is 9.47 Å². The van der Waals surface area contributed by atoms with Crippen LogP contribution in [0.15, 0.2) is 55.0 Å². The maximum Gasteiger partial charge on any atom is 0.131 e. The van der Waals surface area contributed by atoms with Gasteiger partial charge in [-0.1, -0.05) is 12.1 Å². The minimum Gasteiger partial charge on any atom is -0.383 e. The van der Waals surface area contributed by atoms with Gasteiger partial charge >= 0.3 is 0 Å². The van der Waals surface area contributed by atoms with Crippen molar-refractivity contribution in [2.45, 2.75) is 24.8 Å². The fourth-order valence-corrected chi connectivity index (χ4v) is 4.60. The minimum absolute atomic E-state index is 0.202. The first-order valence-electron chi connectivity index (χ1n) is 11.0. The summed E-state index contributed by atoms with van der Waals surface area (Å²) in [5.41, 5.74) is 13.1. The first kappa shape index (κ1) is 20.1. The lowest BCUT2D eigenvalue weighted by Gasteiger charge is -2.31. The number of morpholine rings is 1. The van der Waals surface area contributed by atoms with Crippen molar-refractivity contribution >= 4 is 5.82 Å². The first-order chi connectivity index (χ1) is 15.3. The topological polar surface area (TPSA) is 82.3 Å². The standard InChI is InChI=1S/C25H28N4O2/c26-25-22(17-3-7-27-8-4-17)14-20(15-29-25)19-1-2-21(18-5-10-30-11-6-18)23(13-19)24-16-31-12-9-28-24/h1-4,7-8,13-15,18,24,28H,5-6,9-12,16H2,(H2,26,29)/t24-/m0/s1. The van der Waals surface area contributed by atoms with Gasteiger partial charge in [0.15, 0.2) is 0 Å². The molecule has 0 saturated carbocycles. The maximum atomic E-state index is 6.20. The molecule has 1 aromatic carbocycles. The van der Waals surface area contributed by atoms with Gasteiger partial charge in [0.2, 0.25) is 0 Å². The molecule has 1 atom stereocenters. The Balaban J connectivity index is 1.55. The molecule has 3 N–H and O–H groups in total. The number of aromatic nitrogens is 2. The van der Waals surface area contributed by atoms with Gasteiger partial charge in [0.05, 0.1) is 19.3 Å². The lowest BCUT2D eigenvalue weighted by atomic mass is 9.84. The highest BCUT2D eigenvalue weighted by molar-refractivity contribution is 5.79. The van der Waals surface area contributed by atoms with Crippen molar-refractivity contribution in [2.75, 3.05) is 38.7 Å². The SMILES string of the molecule is Nc1ncc(-c2ccc(C3CCOCC3)c([C@@H]3COCCN3)c2)cc1-c1ccncc1. The summed E-state index contributed by atoms with van der Waals surface area (Å²) in [4.78, 5) is 8.60. The van der Waals surface area contributed by atoms with Crippen molar-refractivity contribution in [3.05, 3.63) is 66.1 Å². The number of nitrogens with two attached hydrogens (primary N) is 1. The molecular formula is C25H28N4O2. The number of nitrogens with zero attached hydrogens (tertiary/aromatic N) is 2. The zero-order chi connectivity index (χ0) is 21.0. The van der Waals surface area contributed by atoms with E-state index in [0.717, 1.165) is 61.5 Å². The van der Waals surface area contributed by atoms with E-state index in [-0.39, 0.29) is 6.04 Å².